The van der Waals surface area contributed by atoms with Crippen molar-refractivity contribution in [1.82, 2.24) is 0 Å². The highest BCUT2D eigenvalue weighted by molar-refractivity contribution is 5.32. The van der Waals surface area contributed by atoms with Gasteiger partial charge in [0.25, 0.3) is 0 Å². The van der Waals surface area contributed by atoms with E-state index in [0.717, 1.165) is 11.3 Å². The van der Waals surface area contributed by atoms with Gasteiger partial charge < -0.3 is 4.74 Å². The second-order valence-electron chi connectivity index (χ2n) is 2.20. The molecule has 0 aliphatic heterocycles. The molecule has 0 amide bonds. The fourth-order valence-corrected chi connectivity index (χ4v) is 0.941. The molecule has 0 bridgehead atoms. The number of ether oxygens (including phenoxy) is 1. The van der Waals surface area contributed by atoms with E-state index in [1.807, 2.05) is 24.3 Å². The van der Waals surface area contributed by atoms with Crippen molar-refractivity contribution in [2.45, 2.75) is 6.54 Å². The van der Waals surface area contributed by atoms with Gasteiger partial charge in [0.05, 0.1) is 13.7 Å². The van der Waals surface area contributed by atoms with Crippen LogP contribution >= 0.6 is 0 Å². The zero-order valence-electron chi connectivity index (χ0n) is 6.77. The summed E-state index contributed by atoms with van der Waals surface area (Å²) in [5, 5.41) is 3.45. The molecule has 0 fully saturated rings. The first-order chi connectivity index (χ1) is 5.88. The summed E-state index contributed by atoms with van der Waals surface area (Å²) in [6.45, 7) is 0.334. The molecule has 0 N–H and O–H groups in total. The van der Waals surface area contributed by atoms with Crippen molar-refractivity contribution in [1.29, 1.82) is 0 Å². The molecule has 0 radical (unpaired) electrons. The summed E-state index contributed by atoms with van der Waals surface area (Å²) in [5.74, 6) is 0.755. The third-order valence-corrected chi connectivity index (χ3v) is 1.50. The average Bonchev–Trinajstić information content (AvgIpc) is 2.15. The maximum atomic E-state index is 8.11. The molecule has 4 nitrogen and oxygen atoms in total. The Hall–Kier alpha value is -1.67. The smallest absolute Gasteiger partial charge is 0.122 e. The minimum atomic E-state index is 0.334. The molecule has 0 heterocycles. The number of rotatable bonds is 3. The molecular formula is C8H9N3O. The molecule has 1 aromatic carbocycles. The highest BCUT2D eigenvalue weighted by Crippen LogP contribution is 2.17. The molecule has 62 valence electrons. The van der Waals surface area contributed by atoms with Gasteiger partial charge >= 0.3 is 0 Å². The number of hydrogen-bond acceptors (Lipinski definition) is 2. The van der Waals surface area contributed by atoms with Crippen molar-refractivity contribution in [2.75, 3.05) is 7.11 Å². The lowest BCUT2D eigenvalue weighted by molar-refractivity contribution is 0.410. The third kappa shape index (κ3) is 1.90. The van der Waals surface area contributed by atoms with E-state index in [2.05, 4.69) is 10.0 Å². The largest absolute Gasteiger partial charge is 0.496 e. The van der Waals surface area contributed by atoms with Crippen molar-refractivity contribution in [3.8, 4) is 5.75 Å². The first-order valence-corrected chi connectivity index (χ1v) is 3.51. The van der Waals surface area contributed by atoms with Crippen molar-refractivity contribution in [2.24, 2.45) is 5.11 Å². The van der Waals surface area contributed by atoms with Gasteiger partial charge in [0.1, 0.15) is 5.75 Å². The fourth-order valence-electron chi connectivity index (χ4n) is 0.941. The number of para-hydroxylation sites is 1. The summed E-state index contributed by atoms with van der Waals surface area (Å²) in [7, 11) is 1.59. The summed E-state index contributed by atoms with van der Waals surface area (Å²) in [5.41, 5.74) is 9.01. The molecule has 1 rings (SSSR count). The van der Waals surface area contributed by atoms with Gasteiger partial charge in [-0.1, -0.05) is 23.3 Å². The number of hydrogen-bond donors (Lipinski definition) is 0. The molecule has 0 spiro atoms. The molecule has 0 unspecified atom stereocenters. The lowest BCUT2D eigenvalue weighted by Crippen LogP contribution is -1.88. The van der Waals surface area contributed by atoms with Crippen LogP contribution in [0.2, 0.25) is 0 Å². The maximum absolute atomic E-state index is 8.11. The number of methoxy groups -OCH3 is 1. The first kappa shape index (κ1) is 8.43. The van der Waals surface area contributed by atoms with Crippen LogP contribution in [0.25, 0.3) is 10.4 Å². The van der Waals surface area contributed by atoms with Crippen LogP contribution in [0, 0.1) is 0 Å². The summed E-state index contributed by atoms with van der Waals surface area (Å²) in [4.78, 5) is 2.68. The van der Waals surface area contributed by atoms with Crippen LogP contribution in [0.5, 0.6) is 5.75 Å². The van der Waals surface area contributed by atoms with Crippen LogP contribution in [0.15, 0.2) is 29.4 Å². The molecule has 0 aromatic heterocycles. The molecule has 4 heteroatoms. The summed E-state index contributed by atoms with van der Waals surface area (Å²) < 4.78 is 5.06. The minimum Gasteiger partial charge on any atom is -0.496 e. The van der Waals surface area contributed by atoms with E-state index in [1.165, 1.54) is 0 Å². The Balaban J connectivity index is 2.88. The quantitative estimate of drug-likeness (QED) is 0.383. The summed E-state index contributed by atoms with van der Waals surface area (Å²) in [6.07, 6.45) is 0. The van der Waals surface area contributed by atoms with Gasteiger partial charge in [0.15, 0.2) is 0 Å². The van der Waals surface area contributed by atoms with Crippen LogP contribution in [-0.4, -0.2) is 7.11 Å². The molecule has 0 saturated heterocycles. The minimum absolute atomic E-state index is 0.334. The Kier molecular flexibility index (Phi) is 2.99. The molecule has 1 aromatic rings. The van der Waals surface area contributed by atoms with Crippen molar-refractivity contribution >= 4 is 0 Å². The normalized spacial score (nSPS) is 8.75. The molecule has 0 aliphatic rings. The zero-order chi connectivity index (χ0) is 8.81. The van der Waals surface area contributed by atoms with Crippen LogP contribution in [-0.2, 0) is 6.54 Å². The lowest BCUT2D eigenvalue weighted by atomic mass is 10.2. The maximum Gasteiger partial charge on any atom is 0.122 e. The molecule has 0 aliphatic carbocycles. The van der Waals surface area contributed by atoms with Gasteiger partial charge in [-0.25, -0.2) is 0 Å². The standard InChI is InChI=1S/C8H9N3O/c1-12-8-5-3-2-4-7(8)6-10-11-9/h2-5H,6H2,1H3. The van der Waals surface area contributed by atoms with E-state index < -0.39 is 0 Å². The Morgan fingerprint density at radius 1 is 1.50 bits per heavy atom. The summed E-state index contributed by atoms with van der Waals surface area (Å²) in [6, 6.07) is 7.46. The van der Waals surface area contributed by atoms with E-state index in [-0.39, 0.29) is 0 Å². The van der Waals surface area contributed by atoms with E-state index >= 15 is 0 Å². The number of nitrogens with zero attached hydrogens (tertiary/aromatic N) is 3. The Bertz CT molecular complexity index is 305. The van der Waals surface area contributed by atoms with Gasteiger partial charge in [-0.3, -0.25) is 0 Å². The van der Waals surface area contributed by atoms with E-state index in [9.17, 15) is 0 Å². The first-order valence-electron chi connectivity index (χ1n) is 3.51. The van der Waals surface area contributed by atoms with E-state index in [0.29, 0.717) is 6.54 Å². The van der Waals surface area contributed by atoms with Gasteiger partial charge in [-0.05, 0) is 17.2 Å². The van der Waals surface area contributed by atoms with E-state index in [1.54, 1.807) is 7.11 Å². The topological polar surface area (TPSA) is 58.0 Å². The van der Waals surface area contributed by atoms with Crippen LogP contribution < -0.4 is 4.74 Å². The van der Waals surface area contributed by atoms with Gasteiger partial charge in [-0.15, -0.1) is 0 Å². The predicted octanol–water partition coefficient (Wildman–Crippen LogP) is 2.51. The lowest BCUT2D eigenvalue weighted by Gasteiger charge is -2.03. The van der Waals surface area contributed by atoms with Gasteiger partial charge in [0.2, 0.25) is 0 Å². The molecule has 0 saturated carbocycles. The Morgan fingerprint density at radius 2 is 2.25 bits per heavy atom. The Morgan fingerprint density at radius 3 is 2.92 bits per heavy atom. The second-order valence-corrected chi connectivity index (χ2v) is 2.20. The molecular weight excluding hydrogens is 154 g/mol. The van der Waals surface area contributed by atoms with Gasteiger partial charge in [-0.2, -0.15) is 0 Å². The fraction of sp³-hybridized carbons (Fsp3) is 0.250. The van der Waals surface area contributed by atoms with E-state index in [4.69, 9.17) is 10.3 Å². The third-order valence-electron chi connectivity index (χ3n) is 1.50. The number of benzene rings is 1. The number of azide groups is 1. The highest BCUT2D eigenvalue weighted by Gasteiger charge is 1.97. The summed E-state index contributed by atoms with van der Waals surface area (Å²) >= 11 is 0. The predicted molar refractivity (Wildman–Crippen MR) is 45.8 cm³/mol. The van der Waals surface area contributed by atoms with Crippen LogP contribution in [0.3, 0.4) is 0 Å². The second kappa shape index (κ2) is 4.26. The zero-order valence-corrected chi connectivity index (χ0v) is 6.77. The highest BCUT2D eigenvalue weighted by atomic mass is 16.5. The Labute approximate surface area is 70.4 Å². The van der Waals surface area contributed by atoms with Crippen LogP contribution in [0.4, 0.5) is 0 Å². The van der Waals surface area contributed by atoms with Crippen molar-refractivity contribution < 1.29 is 4.74 Å². The van der Waals surface area contributed by atoms with Gasteiger partial charge in [0, 0.05) is 4.91 Å². The SMILES string of the molecule is COc1ccccc1CN=[N+]=[N-]. The molecule has 0 atom stereocenters. The molecule has 12 heavy (non-hydrogen) atoms. The average molecular weight is 163 g/mol. The van der Waals surface area contributed by atoms with Crippen molar-refractivity contribution in [3.63, 3.8) is 0 Å². The monoisotopic (exact) mass is 163 g/mol. The van der Waals surface area contributed by atoms with Crippen molar-refractivity contribution in [3.05, 3.63) is 40.3 Å². The van der Waals surface area contributed by atoms with Crippen LogP contribution in [0.1, 0.15) is 5.56 Å².